The van der Waals surface area contributed by atoms with Crippen molar-refractivity contribution < 1.29 is 18.8 Å². The Hall–Kier alpha value is -3.24. The molecule has 0 spiro atoms. The molecule has 3 aromatic rings. The number of ether oxygens (including phenoxy) is 2. The smallest absolute Gasteiger partial charge is 0.433 e. The lowest BCUT2D eigenvalue weighted by molar-refractivity contribution is -0.402. The molecule has 2 aromatic heterocycles. The van der Waals surface area contributed by atoms with Crippen LogP contribution >= 0.6 is 11.3 Å². The average molecular weight is 402 g/mol. The molecule has 0 radical (unpaired) electrons. The second kappa shape index (κ2) is 9.11. The van der Waals surface area contributed by atoms with Crippen LogP contribution in [0.4, 0.5) is 5.88 Å². The fourth-order valence-corrected chi connectivity index (χ4v) is 3.20. The van der Waals surface area contributed by atoms with Crippen molar-refractivity contribution in [3.63, 3.8) is 0 Å². The van der Waals surface area contributed by atoms with Crippen molar-refractivity contribution >= 4 is 23.4 Å². The maximum Gasteiger partial charge on any atom is 0.433 e. The molecule has 0 unspecified atom stereocenters. The van der Waals surface area contributed by atoms with Crippen LogP contribution in [0.5, 0.6) is 5.75 Å². The van der Waals surface area contributed by atoms with Gasteiger partial charge in [-0.3, -0.25) is 15.1 Å². The minimum absolute atomic E-state index is 0.272. The topological polar surface area (TPSA) is 104 Å². The van der Waals surface area contributed by atoms with Crippen LogP contribution in [0.25, 0.3) is 11.3 Å². The Labute approximate surface area is 164 Å². The van der Waals surface area contributed by atoms with Crippen molar-refractivity contribution in [3.8, 4) is 17.0 Å². The van der Waals surface area contributed by atoms with Crippen molar-refractivity contribution in [2.24, 2.45) is 10.1 Å². The zero-order valence-electron chi connectivity index (χ0n) is 15.3. The Kier molecular flexibility index (Phi) is 6.35. The maximum absolute atomic E-state index is 10.8. The minimum atomic E-state index is -0.594. The predicted octanol–water partition coefficient (Wildman–Crippen LogP) is 3.16. The van der Waals surface area contributed by atoms with Crippen LogP contribution in [0.1, 0.15) is 5.76 Å². The summed E-state index contributed by atoms with van der Waals surface area (Å²) in [4.78, 5) is 15.3. The van der Waals surface area contributed by atoms with Gasteiger partial charge in [-0.1, -0.05) is 0 Å². The number of hydrogen-bond donors (Lipinski definition) is 0. The summed E-state index contributed by atoms with van der Waals surface area (Å²) in [6.07, 6.45) is 1.42. The van der Waals surface area contributed by atoms with Gasteiger partial charge >= 0.3 is 5.88 Å². The zero-order valence-corrected chi connectivity index (χ0v) is 16.1. The number of aromatic nitrogens is 1. The SMILES string of the molecule is COCCN=c1scc(-c2ccc(OC)cc2)n1/N=C\c1ccc([N+](=O)[O-])o1. The third-order valence-electron chi connectivity index (χ3n) is 3.71. The van der Waals surface area contributed by atoms with Crippen LogP contribution in [0, 0.1) is 10.1 Å². The Morgan fingerprint density at radius 2 is 2.04 bits per heavy atom. The molecule has 0 bridgehead atoms. The average Bonchev–Trinajstić information content (AvgIpc) is 3.34. The van der Waals surface area contributed by atoms with Gasteiger partial charge in [0.2, 0.25) is 4.80 Å². The van der Waals surface area contributed by atoms with Gasteiger partial charge in [-0.25, -0.2) is 4.68 Å². The summed E-state index contributed by atoms with van der Waals surface area (Å²) in [6.45, 7) is 0.977. The molecule has 0 saturated heterocycles. The van der Waals surface area contributed by atoms with Gasteiger partial charge in [-0.2, -0.15) is 5.10 Å². The van der Waals surface area contributed by atoms with Crippen LogP contribution in [-0.4, -0.2) is 43.2 Å². The normalized spacial score (nSPS) is 12.0. The summed E-state index contributed by atoms with van der Waals surface area (Å²) in [5, 5.41) is 17.1. The van der Waals surface area contributed by atoms with E-state index in [2.05, 4.69) is 10.1 Å². The van der Waals surface area contributed by atoms with E-state index in [0.29, 0.717) is 18.0 Å². The number of hydrogen-bond acceptors (Lipinski definition) is 8. The molecule has 0 aliphatic rings. The first kappa shape index (κ1) is 19.5. The highest BCUT2D eigenvalue weighted by Crippen LogP contribution is 2.23. The molecule has 0 amide bonds. The van der Waals surface area contributed by atoms with E-state index in [-0.39, 0.29) is 11.6 Å². The third kappa shape index (κ3) is 4.53. The molecule has 0 aliphatic heterocycles. The molecule has 146 valence electrons. The molecule has 0 aliphatic carbocycles. The largest absolute Gasteiger partial charge is 0.497 e. The highest BCUT2D eigenvalue weighted by Gasteiger charge is 2.11. The first-order valence-electron chi connectivity index (χ1n) is 8.25. The molecular weight excluding hydrogens is 384 g/mol. The van der Waals surface area contributed by atoms with Crippen LogP contribution in [0.2, 0.25) is 0 Å². The second-order valence-corrected chi connectivity index (χ2v) is 6.33. The van der Waals surface area contributed by atoms with E-state index in [0.717, 1.165) is 17.0 Å². The molecule has 1 aromatic carbocycles. The number of nitrogens with zero attached hydrogens (tertiary/aromatic N) is 4. The Morgan fingerprint density at radius 3 is 2.68 bits per heavy atom. The lowest BCUT2D eigenvalue weighted by atomic mass is 10.2. The van der Waals surface area contributed by atoms with E-state index in [1.54, 1.807) is 18.9 Å². The van der Waals surface area contributed by atoms with E-state index >= 15 is 0 Å². The summed E-state index contributed by atoms with van der Waals surface area (Å²) in [6, 6.07) is 10.3. The lowest BCUT2D eigenvalue weighted by Gasteiger charge is -2.05. The molecule has 0 N–H and O–H groups in total. The molecule has 9 nitrogen and oxygen atoms in total. The Balaban J connectivity index is 1.99. The van der Waals surface area contributed by atoms with Crippen molar-refractivity contribution in [3.05, 3.63) is 62.5 Å². The summed E-state index contributed by atoms with van der Waals surface area (Å²) < 4.78 is 17.0. The van der Waals surface area contributed by atoms with Gasteiger partial charge in [-0.05, 0) is 30.3 Å². The van der Waals surface area contributed by atoms with Crippen LogP contribution in [-0.2, 0) is 4.74 Å². The molecular formula is C18H18N4O5S. The lowest BCUT2D eigenvalue weighted by Crippen LogP contribution is -2.13. The van der Waals surface area contributed by atoms with Crippen LogP contribution in [0.3, 0.4) is 0 Å². The number of nitro groups is 1. The van der Waals surface area contributed by atoms with Gasteiger partial charge in [0.1, 0.15) is 10.7 Å². The molecule has 0 saturated carbocycles. The Bertz CT molecular complexity index is 1030. The first-order chi connectivity index (χ1) is 13.6. The molecule has 0 fully saturated rings. The zero-order chi connectivity index (χ0) is 19.9. The van der Waals surface area contributed by atoms with Crippen LogP contribution in [0.15, 0.2) is 56.3 Å². The number of thiazole rings is 1. The van der Waals surface area contributed by atoms with Crippen molar-refractivity contribution in [2.75, 3.05) is 27.4 Å². The number of benzene rings is 1. The van der Waals surface area contributed by atoms with Crippen molar-refractivity contribution in [1.82, 2.24) is 4.68 Å². The van der Waals surface area contributed by atoms with E-state index in [4.69, 9.17) is 13.9 Å². The Morgan fingerprint density at radius 1 is 1.25 bits per heavy atom. The fraction of sp³-hybridized carbons (Fsp3) is 0.222. The van der Waals surface area contributed by atoms with Crippen molar-refractivity contribution in [1.29, 1.82) is 0 Å². The minimum Gasteiger partial charge on any atom is -0.497 e. The predicted molar refractivity (Wildman–Crippen MR) is 105 cm³/mol. The summed E-state index contributed by atoms with van der Waals surface area (Å²) in [5.41, 5.74) is 1.74. The molecule has 2 heterocycles. The molecule has 28 heavy (non-hydrogen) atoms. The van der Waals surface area contributed by atoms with E-state index in [9.17, 15) is 10.1 Å². The molecule has 3 rings (SSSR count). The van der Waals surface area contributed by atoms with E-state index in [1.165, 1.54) is 29.7 Å². The van der Waals surface area contributed by atoms with Gasteiger partial charge in [0, 0.05) is 18.1 Å². The standard InChI is InChI=1S/C18H18N4O5S/c1-25-10-9-19-18-21(20-11-15-7-8-17(27-15)22(23)24)16(12-28-18)13-3-5-14(26-2)6-4-13/h3-8,11-12H,9-10H2,1-2H3/b19-18?,20-11-. The number of methoxy groups -OCH3 is 2. The van der Waals surface area contributed by atoms with E-state index in [1.807, 2.05) is 29.6 Å². The summed E-state index contributed by atoms with van der Waals surface area (Å²) >= 11 is 1.43. The van der Waals surface area contributed by atoms with Crippen LogP contribution < -0.4 is 9.54 Å². The van der Waals surface area contributed by atoms with Gasteiger partial charge in [-0.15, -0.1) is 11.3 Å². The highest BCUT2D eigenvalue weighted by atomic mass is 32.1. The maximum atomic E-state index is 10.8. The summed E-state index contributed by atoms with van der Waals surface area (Å²) in [5.74, 6) is 0.688. The third-order valence-corrected chi connectivity index (χ3v) is 4.56. The summed E-state index contributed by atoms with van der Waals surface area (Å²) in [7, 11) is 3.22. The monoisotopic (exact) mass is 402 g/mol. The van der Waals surface area contributed by atoms with Gasteiger partial charge < -0.3 is 13.9 Å². The molecule has 10 heteroatoms. The van der Waals surface area contributed by atoms with E-state index < -0.39 is 4.92 Å². The quantitative estimate of drug-likeness (QED) is 0.249. The number of furan rings is 1. The van der Waals surface area contributed by atoms with Gasteiger partial charge in [0.05, 0.1) is 38.2 Å². The molecule has 0 atom stereocenters. The number of rotatable bonds is 8. The van der Waals surface area contributed by atoms with Crippen molar-refractivity contribution in [2.45, 2.75) is 0 Å². The van der Waals surface area contributed by atoms with Gasteiger partial charge in [0.15, 0.2) is 5.76 Å². The highest BCUT2D eigenvalue weighted by molar-refractivity contribution is 7.07. The van der Waals surface area contributed by atoms with Gasteiger partial charge in [0.25, 0.3) is 0 Å². The first-order valence-corrected chi connectivity index (χ1v) is 9.13. The second-order valence-electron chi connectivity index (χ2n) is 5.50. The fourth-order valence-electron chi connectivity index (χ4n) is 2.34.